The fourth-order valence-electron chi connectivity index (χ4n) is 1.97. The van der Waals surface area contributed by atoms with Crippen LogP contribution in [0.2, 0.25) is 0 Å². The molecule has 0 atom stereocenters. The maximum absolute atomic E-state index is 4.29. The summed E-state index contributed by atoms with van der Waals surface area (Å²) >= 11 is 0. The van der Waals surface area contributed by atoms with Crippen molar-refractivity contribution in [3.05, 3.63) is 6.33 Å². The average Bonchev–Trinajstić information content (AvgIpc) is 2.73. The number of rotatable bonds is 6. The maximum atomic E-state index is 4.29. The Morgan fingerprint density at radius 1 is 1.21 bits per heavy atom. The molecule has 1 N–H and O–H groups in total. The van der Waals surface area contributed by atoms with Gasteiger partial charge in [-0.3, -0.25) is 0 Å². The van der Waals surface area contributed by atoms with E-state index in [2.05, 4.69) is 53.3 Å². The number of fused-ring (bicyclic) bond motifs is 1. The Bertz CT molecular complexity index is 531. The molecule has 0 aliphatic carbocycles. The van der Waals surface area contributed by atoms with Crippen LogP contribution in [0, 0.1) is 5.92 Å². The summed E-state index contributed by atoms with van der Waals surface area (Å²) in [6, 6.07) is 0.309. The SMILES string of the molecule is CC(C)CCCn1nnc2c(NC(C)C)ncnc21. The van der Waals surface area contributed by atoms with Crippen molar-refractivity contribution in [2.45, 2.75) is 53.1 Å². The van der Waals surface area contributed by atoms with Gasteiger partial charge in [-0.1, -0.05) is 19.1 Å². The van der Waals surface area contributed by atoms with Crippen molar-refractivity contribution in [3.8, 4) is 0 Å². The number of hydrogen-bond acceptors (Lipinski definition) is 5. The summed E-state index contributed by atoms with van der Waals surface area (Å²) in [6.45, 7) is 9.45. The van der Waals surface area contributed by atoms with Gasteiger partial charge in [-0.05, 0) is 32.6 Å². The molecule has 2 heterocycles. The number of aromatic nitrogens is 5. The van der Waals surface area contributed by atoms with Crippen LogP contribution in [0.5, 0.6) is 0 Å². The molecule has 0 saturated carbocycles. The molecule has 0 bridgehead atoms. The summed E-state index contributed by atoms with van der Waals surface area (Å²) in [7, 11) is 0. The van der Waals surface area contributed by atoms with Crippen molar-refractivity contribution in [1.82, 2.24) is 25.0 Å². The lowest BCUT2D eigenvalue weighted by Gasteiger charge is -2.08. The van der Waals surface area contributed by atoms with E-state index in [1.165, 1.54) is 6.42 Å². The van der Waals surface area contributed by atoms with Gasteiger partial charge in [0.2, 0.25) is 0 Å². The van der Waals surface area contributed by atoms with E-state index in [-0.39, 0.29) is 0 Å². The summed E-state index contributed by atoms with van der Waals surface area (Å²) in [5, 5.41) is 11.6. The van der Waals surface area contributed by atoms with E-state index < -0.39 is 0 Å². The van der Waals surface area contributed by atoms with Crippen LogP contribution in [0.15, 0.2) is 6.33 Å². The van der Waals surface area contributed by atoms with Gasteiger partial charge in [0.15, 0.2) is 17.0 Å². The largest absolute Gasteiger partial charge is 0.366 e. The van der Waals surface area contributed by atoms with E-state index >= 15 is 0 Å². The summed E-state index contributed by atoms with van der Waals surface area (Å²) < 4.78 is 1.87. The molecule has 19 heavy (non-hydrogen) atoms. The van der Waals surface area contributed by atoms with Gasteiger partial charge in [-0.2, -0.15) is 0 Å². The van der Waals surface area contributed by atoms with Gasteiger partial charge in [0, 0.05) is 12.6 Å². The zero-order chi connectivity index (χ0) is 13.8. The van der Waals surface area contributed by atoms with E-state index in [4.69, 9.17) is 0 Å². The molecule has 0 saturated heterocycles. The van der Waals surface area contributed by atoms with Gasteiger partial charge >= 0.3 is 0 Å². The molecule has 2 aromatic heterocycles. The van der Waals surface area contributed by atoms with E-state index in [1.54, 1.807) is 6.33 Å². The third-order valence-electron chi connectivity index (χ3n) is 2.88. The number of aryl methyl sites for hydroxylation is 1. The summed E-state index contributed by atoms with van der Waals surface area (Å²) in [6.07, 6.45) is 3.84. The molecule has 0 amide bonds. The predicted octanol–water partition coefficient (Wildman–Crippen LogP) is 2.48. The summed E-state index contributed by atoms with van der Waals surface area (Å²) in [5.74, 6) is 1.47. The molecule has 2 aromatic rings. The number of anilines is 1. The summed E-state index contributed by atoms with van der Waals surface area (Å²) in [5.41, 5.74) is 1.56. The van der Waals surface area contributed by atoms with E-state index in [9.17, 15) is 0 Å². The van der Waals surface area contributed by atoms with Crippen molar-refractivity contribution in [1.29, 1.82) is 0 Å². The van der Waals surface area contributed by atoms with Gasteiger partial charge in [0.25, 0.3) is 0 Å². The maximum Gasteiger partial charge on any atom is 0.183 e. The second-order valence-corrected chi connectivity index (χ2v) is 5.54. The quantitative estimate of drug-likeness (QED) is 0.866. The van der Waals surface area contributed by atoms with Gasteiger partial charge in [-0.15, -0.1) is 5.10 Å². The third kappa shape index (κ3) is 3.39. The highest BCUT2D eigenvalue weighted by Gasteiger charge is 2.12. The molecule has 104 valence electrons. The molecular weight excluding hydrogens is 240 g/mol. The highest BCUT2D eigenvalue weighted by atomic mass is 15.4. The van der Waals surface area contributed by atoms with Crippen LogP contribution in [-0.4, -0.2) is 31.0 Å². The molecule has 0 aromatic carbocycles. The molecule has 0 spiro atoms. The van der Waals surface area contributed by atoms with Gasteiger partial charge in [0.05, 0.1) is 0 Å². The van der Waals surface area contributed by atoms with Crippen molar-refractivity contribution in [2.75, 3.05) is 5.32 Å². The molecule has 0 aliphatic rings. The molecule has 0 unspecified atom stereocenters. The second kappa shape index (κ2) is 5.95. The van der Waals surface area contributed by atoms with Crippen molar-refractivity contribution < 1.29 is 0 Å². The zero-order valence-electron chi connectivity index (χ0n) is 12.1. The monoisotopic (exact) mass is 262 g/mol. The fourth-order valence-corrected chi connectivity index (χ4v) is 1.97. The first-order valence-electron chi connectivity index (χ1n) is 6.88. The Morgan fingerprint density at radius 2 is 2.00 bits per heavy atom. The lowest BCUT2D eigenvalue weighted by molar-refractivity contribution is 0.488. The molecule has 6 heteroatoms. The van der Waals surface area contributed by atoms with Gasteiger partial charge in [-0.25, -0.2) is 14.6 Å². The van der Waals surface area contributed by atoms with Crippen molar-refractivity contribution in [3.63, 3.8) is 0 Å². The lowest BCUT2D eigenvalue weighted by Crippen LogP contribution is -2.11. The predicted molar refractivity (Wildman–Crippen MR) is 75.9 cm³/mol. The first kappa shape index (κ1) is 13.7. The van der Waals surface area contributed by atoms with Crippen LogP contribution in [0.25, 0.3) is 11.2 Å². The normalized spacial score (nSPS) is 11.7. The Balaban J connectivity index is 2.18. The Labute approximate surface area is 113 Å². The molecule has 0 radical (unpaired) electrons. The second-order valence-electron chi connectivity index (χ2n) is 5.54. The standard InChI is InChI=1S/C13H22N6/c1-9(2)6-5-7-19-13-11(17-18-19)12(14-8-15-13)16-10(3)4/h8-10H,5-7H2,1-4H3,(H,14,15,16). The lowest BCUT2D eigenvalue weighted by atomic mass is 10.1. The summed E-state index contributed by atoms with van der Waals surface area (Å²) in [4.78, 5) is 8.52. The molecule has 2 rings (SSSR count). The highest BCUT2D eigenvalue weighted by Crippen LogP contribution is 2.17. The average molecular weight is 262 g/mol. The van der Waals surface area contributed by atoms with Gasteiger partial charge in [0.1, 0.15) is 6.33 Å². The van der Waals surface area contributed by atoms with Crippen LogP contribution in [0.3, 0.4) is 0 Å². The number of hydrogen-bond donors (Lipinski definition) is 1. The van der Waals surface area contributed by atoms with E-state index in [1.807, 2.05) is 4.68 Å². The third-order valence-corrected chi connectivity index (χ3v) is 2.88. The van der Waals surface area contributed by atoms with Crippen LogP contribution in [-0.2, 0) is 6.54 Å². The first-order chi connectivity index (χ1) is 9.08. The minimum atomic E-state index is 0.309. The topological polar surface area (TPSA) is 68.5 Å². The minimum Gasteiger partial charge on any atom is -0.366 e. The molecule has 6 nitrogen and oxygen atoms in total. The number of nitrogens with one attached hydrogen (secondary N) is 1. The van der Waals surface area contributed by atoms with Crippen LogP contribution in [0.1, 0.15) is 40.5 Å². The Morgan fingerprint density at radius 3 is 2.68 bits per heavy atom. The molecular formula is C13H22N6. The molecule has 0 aliphatic heterocycles. The van der Waals surface area contributed by atoms with E-state index in [0.29, 0.717) is 12.0 Å². The highest BCUT2D eigenvalue weighted by molar-refractivity contribution is 5.81. The van der Waals surface area contributed by atoms with Gasteiger partial charge < -0.3 is 5.32 Å². The first-order valence-corrected chi connectivity index (χ1v) is 6.88. The number of nitrogens with zero attached hydrogens (tertiary/aromatic N) is 5. The minimum absolute atomic E-state index is 0.309. The van der Waals surface area contributed by atoms with Crippen LogP contribution in [0.4, 0.5) is 5.82 Å². The Hall–Kier alpha value is -1.72. The fraction of sp³-hybridized carbons (Fsp3) is 0.692. The Kier molecular flexibility index (Phi) is 4.29. The van der Waals surface area contributed by atoms with Crippen molar-refractivity contribution >= 4 is 17.0 Å². The zero-order valence-corrected chi connectivity index (χ0v) is 12.1. The van der Waals surface area contributed by atoms with Crippen LogP contribution < -0.4 is 5.32 Å². The van der Waals surface area contributed by atoms with Crippen LogP contribution >= 0.6 is 0 Å². The van der Waals surface area contributed by atoms with Crippen molar-refractivity contribution in [2.24, 2.45) is 5.92 Å². The van der Waals surface area contributed by atoms with E-state index in [0.717, 1.165) is 29.9 Å². The smallest absolute Gasteiger partial charge is 0.183 e. The molecule has 0 fully saturated rings.